The van der Waals surface area contributed by atoms with Crippen LogP contribution in [0.15, 0.2) is 24.3 Å². The lowest BCUT2D eigenvalue weighted by atomic mass is 10.3. The van der Waals surface area contributed by atoms with Crippen molar-refractivity contribution in [2.24, 2.45) is 5.73 Å². The lowest BCUT2D eigenvalue weighted by Crippen LogP contribution is -2.24. The molecule has 0 aliphatic heterocycles. The van der Waals surface area contributed by atoms with Gasteiger partial charge in [0.1, 0.15) is 12.4 Å². The second kappa shape index (κ2) is 7.71. The predicted octanol–water partition coefficient (Wildman–Crippen LogP) is 0.329. The summed E-state index contributed by atoms with van der Waals surface area (Å²) >= 11 is 0. The maximum atomic E-state index is 11.7. The molecule has 0 saturated carbocycles. The van der Waals surface area contributed by atoms with Gasteiger partial charge in [0, 0.05) is 12.6 Å². The zero-order valence-electron chi connectivity index (χ0n) is 11.2. The van der Waals surface area contributed by atoms with Gasteiger partial charge in [0.25, 0.3) is 0 Å². The quantitative estimate of drug-likeness (QED) is 0.670. The molecule has 8 heteroatoms. The molecule has 0 heterocycles. The largest absolute Gasteiger partial charge is 0.492 e. The van der Waals surface area contributed by atoms with E-state index >= 15 is 0 Å². The van der Waals surface area contributed by atoms with Crippen molar-refractivity contribution in [1.29, 1.82) is 0 Å². The van der Waals surface area contributed by atoms with Gasteiger partial charge in [-0.2, -0.15) is 0 Å². The summed E-state index contributed by atoms with van der Waals surface area (Å²) in [6.45, 7) is 2.44. The third kappa shape index (κ3) is 5.89. The summed E-state index contributed by atoms with van der Waals surface area (Å²) in [6.07, 6.45) is 0. The average molecular weight is 302 g/mol. The topological polar surface area (TPSA) is 108 Å². The maximum Gasteiger partial charge on any atom is 0.323 e. The molecule has 1 rings (SSSR count). The standard InChI is InChI=1S/C12H18N2O5S/c1-2-18-12(15)9-20(16,17)14-10-4-3-5-11(8-10)19-7-6-13/h3-5,8,14H,2,6-7,9,13H2,1H3. The van der Waals surface area contributed by atoms with Gasteiger partial charge in [-0.05, 0) is 19.1 Å². The Hall–Kier alpha value is -1.80. The molecule has 0 atom stereocenters. The number of nitrogens with one attached hydrogen (secondary N) is 1. The number of benzene rings is 1. The minimum absolute atomic E-state index is 0.136. The molecule has 0 unspecified atom stereocenters. The van der Waals surface area contributed by atoms with E-state index in [1.54, 1.807) is 25.1 Å². The molecule has 0 radical (unpaired) electrons. The molecule has 0 aliphatic carbocycles. The summed E-state index contributed by atoms with van der Waals surface area (Å²) in [7, 11) is -3.80. The number of esters is 1. The average Bonchev–Trinajstić information content (AvgIpc) is 2.35. The summed E-state index contributed by atoms with van der Waals surface area (Å²) in [5.41, 5.74) is 5.62. The van der Waals surface area contributed by atoms with Crippen molar-refractivity contribution in [1.82, 2.24) is 0 Å². The third-order valence-electron chi connectivity index (χ3n) is 2.11. The van der Waals surface area contributed by atoms with Crippen molar-refractivity contribution in [3.63, 3.8) is 0 Å². The fourth-order valence-corrected chi connectivity index (χ4v) is 2.35. The minimum Gasteiger partial charge on any atom is -0.492 e. The van der Waals surface area contributed by atoms with E-state index in [4.69, 9.17) is 10.5 Å². The second-order valence-electron chi connectivity index (χ2n) is 3.83. The van der Waals surface area contributed by atoms with E-state index in [1.165, 1.54) is 6.07 Å². The van der Waals surface area contributed by atoms with Crippen molar-refractivity contribution in [3.8, 4) is 5.75 Å². The molecule has 7 nitrogen and oxygen atoms in total. The third-order valence-corrected chi connectivity index (χ3v) is 3.27. The molecular formula is C12H18N2O5S. The summed E-state index contributed by atoms with van der Waals surface area (Å²) < 4.78 is 35.6. The maximum absolute atomic E-state index is 11.7. The van der Waals surface area contributed by atoms with Gasteiger partial charge in [-0.25, -0.2) is 8.42 Å². The SMILES string of the molecule is CCOC(=O)CS(=O)(=O)Nc1cccc(OCCN)c1. The predicted molar refractivity (Wildman–Crippen MR) is 75.0 cm³/mol. The highest BCUT2D eigenvalue weighted by atomic mass is 32.2. The highest BCUT2D eigenvalue weighted by Crippen LogP contribution is 2.18. The highest BCUT2D eigenvalue weighted by molar-refractivity contribution is 7.93. The number of ether oxygens (including phenoxy) is 2. The van der Waals surface area contributed by atoms with Crippen LogP contribution in [0, 0.1) is 0 Å². The van der Waals surface area contributed by atoms with Gasteiger partial charge in [-0.3, -0.25) is 9.52 Å². The lowest BCUT2D eigenvalue weighted by Gasteiger charge is -2.09. The van der Waals surface area contributed by atoms with Crippen molar-refractivity contribution in [2.45, 2.75) is 6.92 Å². The van der Waals surface area contributed by atoms with Gasteiger partial charge in [0.05, 0.1) is 12.3 Å². The van der Waals surface area contributed by atoms with Crippen molar-refractivity contribution < 1.29 is 22.7 Å². The van der Waals surface area contributed by atoms with Gasteiger partial charge < -0.3 is 15.2 Å². The van der Waals surface area contributed by atoms with Gasteiger partial charge >= 0.3 is 5.97 Å². The van der Waals surface area contributed by atoms with Crippen LogP contribution in [-0.4, -0.2) is 39.9 Å². The Morgan fingerprint density at radius 2 is 2.15 bits per heavy atom. The Kier molecular flexibility index (Phi) is 6.26. The van der Waals surface area contributed by atoms with Crippen LogP contribution in [0.4, 0.5) is 5.69 Å². The zero-order chi connectivity index (χ0) is 15.0. The van der Waals surface area contributed by atoms with Crippen LogP contribution >= 0.6 is 0 Å². The van der Waals surface area contributed by atoms with E-state index in [1.807, 2.05) is 0 Å². The van der Waals surface area contributed by atoms with Crippen LogP contribution in [-0.2, 0) is 19.6 Å². The van der Waals surface area contributed by atoms with Gasteiger partial charge in [0.2, 0.25) is 10.0 Å². The number of anilines is 1. The van der Waals surface area contributed by atoms with Crippen LogP contribution in [0.3, 0.4) is 0 Å². The highest BCUT2D eigenvalue weighted by Gasteiger charge is 2.17. The summed E-state index contributed by atoms with van der Waals surface area (Å²) in [5, 5.41) is 0. The number of carbonyl (C=O) groups excluding carboxylic acids is 1. The number of carbonyl (C=O) groups is 1. The van der Waals surface area contributed by atoms with Crippen LogP contribution in [0.2, 0.25) is 0 Å². The zero-order valence-corrected chi connectivity index (χ0v) is 12.0. The van der Waals surface area contributed by atoms with E-state index in [2.05, 4.69) is 9.46 Å². The first kappa shape index (κ1) is 16.3. The molecule has 0 bridgehead atoms. The Balaban J connectivity index is 2.69. The van der Waals surface area contributed by atoms with Crippen LogP contribution in [0.5, 0.6) is 5.75 Å². The molecule has 0 amide bonds. The van der Waals surface area contributed by atoms with Crippen molar-refractivity contribution in [3.05, 3.63) is 24.3 Å². The molecular weight excluding hydrogens is 284 g/mol. The molecule has 112 valence electrons. The molecule has 20 heavy (non-hydrogen) atoms. The molecule has 0 spiro atoms. The van der Waals surface area contributed by atoms with E-state index in [-0.39, 0.29) is 6.61 Å². The number of hydrogen-bond acceptors (Lipinski definition) is 6. The smallest absolute Gasteiger partial charge is 0.323 e. The van der Waals surface area contributed by atoms with Gasteiger partial charge in [0.15, 0.2) is 5.75 Å². The monoisotopic (exact) mass is 302 g/mol. The first-order valence-corrected chi connectivity index (χ1v) is 7.71. The molecule has 0 fully saturated rings. The van der Waals surface area contributed by atoms with E-state index in [9.17, 15) is 13.2 Å². The molecule has 3 N–H and O–H groups in total. The van der Waals surface area contributed by atoms with Crippen molar-refractivity contribution in [2.75, 3.05) is 30.2 Å². The van der Waals surface area contributed by atoms with E-state index < -0.39 is 21.7 Å². The normalized spacial score (nSPS) is 10.9. The number of rotatable bonds is 8. The molecule has 1 aromatic rings. The number of sulfonamides is 1. The van der Waals surface area contributed by atoms with Gasteiger partial charge in [-0.1, -0.05) is 6.07 Å². The number of hydrogen-bond donors (Lipinski definition) is 2. The summed E-state index contributed by atoms with van der Waals surface area (Å²) in [4.78, 5) is 11.2. The lowest BCUT2D eigenvalue weighted by molar-refractivity contribution is -0.139. The molecule has 0 saturated heterocycles. The fraction of sp³-hybridized carbons (Fsp3) is 0.417. The van der Waals surface area contributed by atoms with Crippen LogP contribution < -0.4 is 15.2 Å². The number of nitrogens with two attached hydrogens (primary N) is 1. The first-order valence-electron chi connectivity index (χ1n) is 6.06. The van der Waals surface area contributed by atoms with Crippen LogP contribution in [0.1, 0.15) is 6.92 Å². The Morgan fingerprint density at radius 3 is 2.80 bits per heavy atom. The summed E-state index contributed by atoms with van der Waals surface area (Å²) in [5.74, 6) is -1.03. The fourth-order valence-electron chi connectivity index (χ4n) is 1.40. The van der Waals surface area contributed by atoms with Crippen LogP contribution in [0.25, 0.3) is 0 Å². The van der Waals surface area contributed by atoms with E-state index in [0.29, 0.717) is 24.6 Å². The van der Waals surface area contributed by atoms with E-state index in [0.717, 1.165) is 0 Å². The first-order chi connectivity index (χ1) is 9.46. The second-order valence-corrected chi connectivity index (χ2v) is 5.55. The molecule has 0 aliphatic rings. The van der Waals surface area contributed by atoms with Crippen molar-refractivity contribution >= 4 is 21.7 Å². The Labute approximate surface area is 118 Å². The molecule has 1 aromatic carbocycles. The molecule has 0 aromatic heterocycles. The summed E-state index contributed by atoms with van der Waals surface area (Å²) in [6, 6.07) is 6.38. The van der Waals surface area contributed by atoms with Gasteiger partial charge in [-0.15, -0.1) is 0 Å². The minimum atomic E-state index is -3.80. The Morgan fingerprint density at radius 1 is 1.40 bits per heavy atom. The Bertz CT molecular complexity index is 545.